The van der Waals surface area contributed by atoms with Crippen LogP contribution in [0.4, 0.5) is 5.69 Å². The zero-order valence-corrected chi connectivity index (χ0v) is 12.0. The third-order valence-corrected chi connectivity index (χ3v) is 4.87. The molecule has 1 unspecified atom stereocenters. The molecule has 0 radical (unpaired) electrons. The third-order valence-electron chi connectivity index (χ3n) is 3.37. The number of carbonyl (C=O) groups is 1. The van der Waals surface area contributed by atoms with Gasteiger partial charge in [0.2, 0.25) is 0 Å². The highest BCUT2D eigenvalue weighted by Crippen LogP contribution is 2.34. The van der Waals surface area contributed by atoms with Crippen LogP contribution in [-0.4, -0.2) is 16.7 Å². The molecule has 0 aromatic heterocycles. The van der Waals surface area contributed by atoms with E-state index in [4.69, 9.17) is 0 Å². The van der Waals surface area contributed by atoms with Crippen molar-refractivity contribution in [2.24, 2.45) is 0 Å². The van der Waals surface area contributed by atoms with Crippen molar-refractivity contribution >= 4 is 22.4 Å². The number of anilines is 1. The molecule has 0 N–H and O–H groups in total. The van der Waals surface area contributed by atoms with Gasteiger partial charge in [-0.15, -0.1) is 0 Å². The number of fused-ring (bicyclic) bond motifs is 2. The standard InChI is InChI=1S/C16H15NO2S/c1-2-11-17-13-8-4-6-10-15(13)20(19)14-9-5-3-7-12(14)16(17)18/h3-10H,2,11H2,1H3. The quantitative estimate of drug-likeness (QED) is 0.849. The maximum absolute atomic E-state index is 12.8. The molecule has 1 heterocycles. The van der Waals surface area contributed by atoms with Crippen molar-refractivity contribution in [2.75, 3.05) is 11.4 Å². The summed E-state index contributed by atoms with van der Waals surface area (Å²) < 4.78 is 12.8. The van der Waals surface area contributed by atoms with Gasteiger partial charge >= 0.3 is 0 Å². The summed E-state index contributed by atoms with van der Waals surface area (Å²) >= 11 is 0. The van der Waals surface area contributed by atoms with Crippen molar-refractivity contribution in [3.8, 4) is 0 Å². The second kappa shape index (κ2) is 5.21. The van der Waals surface area contributed by atoms with E-state index in [9.17, 15) is 9.00 Å². The lowest BCUT2D eigenvalue weighted by Gasteiger charge is -2.21. The van der Waals surface area contributed by atoms with E-state index < -0.39 is 10.8 Å². The van der Waals surface area contributed by atoms with Gasteiger partial charge in [-0.1, -0.05) is 31.2 Å². The Labute approximate surface area is 120 Å². The van der Waals surface area contributed by atoms with Crippen LogP contribution in [0.3, 0.4) is 0 Å². The Kier molecular flexibility index (Phi) is 3.40. The van der Waals surface area contributed by atoms with Crippen molar-refractivity contribution in [2.45, 2.75) is 23.1 Å². The van der Waals surface area contributed by atoms with Crippen LogP contribution in [0.2, 0.25) is 0 Å². The fraction of sp³-hybridized carbons (Fsp3) is 0.188. The summed E-state index contributed by atoms with van der Waals surface area (Å²) in [6, 6.07) is 14.6. The smallest absolute Gasteiger partial charge is 0.259 e. The predicted octanol–water partition coefficient (Wildman–Crippen LogP) is 3.22. The van der Waals surface area contributed by atoms with Crippen LogP contribution >= 0.6 is 0 Å². The zero-order valence-electron chi connectivity index (χ0n) is 11.2. The molecule has 2 aromatic rings. The summed E-state index contributed by atoms with van der Waals surface area (Å²) in [4.78, 5) is 15.8. The maximum atomic E-state index is 12.8. The molecular formula is C16H15NO2S. The van der Waals surface area contributed by atoms with Gasteiger partial charge < -0.3 is 4.90 Å². The monoisotopic (exact) mass is 285 g/mol. The normalized spacial score (nSPS) is 17.4. The van der Waals surface area contributed by atoms with Gasteiger partial charge in [0.15, 0.2) is 0 Å². The lowest BCUT2D eigenvalue weighted by atomic mass is 10.1. The SMILES string of the molecule is CCCN1C(=O)c2ccccc2S(=O)c2ccccc21. The number of nitrogens with zero attached hydrogens (tertiary/aromatic N) is 1. The van der Waals surface area contributed by atoms with Gasteiger partial charge in [0.25, 0.3) is 5.91 Å². The molecule has 3 nitrogen and oxygen atoms in total. The second-order valence-electron chi connectivity index (χ2n) is 4.69. The Morgan fingerprint density at radius 2 is 1.65 bits per heavy atom. The number of carbonyl (C=O) groups excluding carboxylic acids is 1. The van der Waals surface area contributed by atoms with Crippen LogP contribution in [0.1, 0.15) is 23.7 Å². The molecule has 0 saturated heterocycles. The molecule has 1 atom stereocenters. The first-order valence-electron chi connectivity index (χ1n) is 6.65. The van der Waals surface area contributed by atoms with E-state index >= 15 is 0 Å². The molecule has 102 valence electrons. The van der Waals surface area contributed by atoms with Crippen LogP contribution in [0.25, 0.3) is 0 Å². The average molecular weight is 285 g/mol. The van der Waals surface area contributed by atoms with Gasteiger partial charge in [0.1, 0.15) is 0 Å². The lowest BCUT2D eigenvalue weighted by Crippen LogP contribution is -2.31. The molecule has 3 rings (SSSR count). The Morgan fingerprint density at radius 1 is 1.00 bits per heavy atom. The highest BCUT2D eigenvalue weighted by Gasteiger charge is 2.29. The molecule has 0 saturated carbocycles. The lowest BCUT2D eigenvalue weighted by molar-refractivity contribution is 0.0984. The molecule has 1 amide bonds. The minimum atomic E-state index is -1.31. The third kappa shape index (κ3) is 1.96. The van der Waals surface area contributed by atoms with Crippen LogP contribution in [0.5, 0.6) is 0 Å². The van der Waals surface area contributed by atoms with Gasteiger partial charge in [-0.3, -0.25) is 4.79 Å². The first-order chi connectivity index (χ1) is 9.74. The molecule has 20 heavy (non-hydrogen) atoms. The largest absolute Gasteiger partial charge is 0.307 e. The summed E-state index contributed by atoms with van der Waals surface area (Å²) in [5, 5.41) is 0. The van der Waals surface area contributed by atoms with Gasteiger partial charge in [-0.25, -0.2) is 4.21 Å². The Bertz CT molecular complexity index is 696. The van der Waals surface area contributed by atoms with Crippen LogP contribution in [-0.2, 0) is 10.8 Å². The van der Waals surface area contributed by atoms with E-state index in [1.165, 1.54) is 0 Å². The first-order valence-corrected chi connectivity index (χ1v) is 7.80. The van der Waals surface area contributed by atoms with E-state index in [1.807, 2.05) is 43.3 Å². The number of para-hydroxylation sites is 1. The van der Waals surface area contributed by atoms with Crippen LogP contribution < -0.4 is 4.90 Å². The fourth-order valence-electron chi connectivity index (χ4n) is 2.46. The van der Waals surface area contributed by atoms with Gasteiger partial charge in [-0.05, 0) is 30.7 Å². The van der Waals surface area contributed by atoms with Crippen molar-refractivity contribution in [3.63, 3.8) is 0 Å². The number of benzene rings is 2. The molecule has 1 aliphatic heterocycles. The molecule has 1 aliphatic rings. The summed E-state index contributed by atoms with van der Waals surface area (Å²) in [5.74, 6) is -0.0687. The fourth-order valence-corrected chi connectivity index (χ4v) is 3.83. The highest BCUT2D eigenvalue weighted by atomic mass is 32.2. The van der Waals surface area contributed by atoms with Gasteiger partial charge in [0, 0.05) is 6.54 Å². The topological polar surface area (TPSA) is 37.4 Å². The molecular weight excluding hydrogens is 270 g/mol. The van der Waals surface area contributed by atoms with E-state index in [1.54, 1.807) is 17.0 Å². The number of hydrogen-bond acceptors (Lipinski definition) is 2. The van der Waals surface area contributed by atoms with Crippen molar-refractivity contribution < 1.29 is 9.00 Å². The number of amides is 1. The zero-order chi connectivity index (χ0) is 14.1. The average Bonchev–Trinajstić information content (AvgIpc) is 2.58. The molecule has 2 aromatic carbocycles. The predicted molar refractivity (Wildman–Crippen MR) is 79.5 cm³/mol. The van der Waals surface area contributed by atoms with E-state index in [-0.39, 0.29) is 5.91 Å². The van der Waals surface area contributed by atoms with E-state index in [0.29, 0.717) is 21.9 Å². The summed E-state index contributed by atoms with van der Waals surface area (Å²) in [7, 11) is -1.31. The van der Waals surface area contributed by atoms with Gasteiger partial charge in [-0.2, -0.15) is 0 Å². The number of rotatable bonds is 2. The van der Waals surface area contributed by atoms with Crippen molar-refractivity contribution in [1.29, 1.82) is 0 Å². The van der Waals surface area contributed by atoms with Crippen molar-refractivity contribution in [1.82, 2.24) is 0 Å². The summed E-state index contributed by atoms with van der Waals surface area (Å²) in [5.41, 5.74) is 1.30. The Hall–Kier alpha value is -1.94. The van der Waals surface area contributed by atoms with E-state index in [0.717, 1.165) is 12.1 Å². The highest BCUT2D eigenvalue weighted by molar-refractivity contribution is 7.85. The summed E-state index contributed by atoms with van der Waals surface area (Å²) in [6.07, 6.45) is 0.856. The molecule has 0 aliphatic carbocycles. The summed E-state index contributed by atoms with van der Waals surface area (Å²) in [6.45, 7) is 2.66. The Balaban J connectivity index is 2.28. The molecule has 4 heteroatoms. The second-order valence-corrected chi connectivity index (χ2v) is 6.11. The minimum Gasteiger partial charge on any atom is -0.307 e. The van der Waals surface area contributed by atoms with Crippen molar-refractivity contribution in [3.05, 3.63) is 54.1 Å². The van der Waals surface area contributed by atoms with Gasteiger partial charge in [0.05, 0.1) is 31.8 Å². The first kappa shape index (κ1) is 13.1. The molecule has 0 spiro atoms. The molecule has 0 fully saturated rings. The molecule has 0 bridgehead atoms. The minimum absolute atomic E-state index is 0.0687. The van der Waals surface area contributed by atoms with Crippen LogP contribution in [0, 0.1) is 0 Å². The Morgan fingerprint density at radius 3 is 2.40 bits per heavy atom. The number of hydrogen-bond donors (Lipinski definition) is 0. The van der Waals surface area contributed by atoms with Crippen LogP contribution in [0.15, 0.2) is 58.3 Å². The maximum Gasteiger partial charge on any atom is 0.259 e. The van der Waals surface area contributed by atoms with E-state index in [2.05, 4.69) is 0 Å².